The number of aryl methyl sites for hydroxylation is 2. The summed E-state index contributed by atoms with van der Waals surface area (Å²) in [6, 6.07) is 24.0. The zero-order valence-corrected chi connectivity index (χ0v) is 20.1. The summed E-state index contributed by atoms with van der Waals surface area (Å²) in [5.74, 6) is -0.0122. The molecule has 33 heavy (non-hydrogen) atoms. The Kier molecular flexibility index (Phi) is 9.50. The molecule has 7 heteroatoms. The van der Waals surface area contributed by atoms with Crippen LogP contribution < -0.4 is 15.3 Å². The summed E-state index contributed by atoms with van der Waals surface area (Å²) in [6.45, 7) is 3.76. The number of benzene rings is 3. The molecule has 0 bridgehead atoms. The van der Waals surface area contributed by atoms with Gasteiger partial charge in [0.1, 0.15) is 0 Å². The van der Waals surface area contributed by atoms with Gasteiger partial charge in [-0.15, -0.1) is 5.75 Å². The van der Waals surface area contributed by atoms with Crippen LogP contribution in [0.2, 0.25) is 5.02 Å². The van der Waals surface area contributed by atoms with Crippen molar-refractivity contribution < 1.29 is 15.3 Å². The normalized spacial score (nSPS) is 9.79. The van der Waals surface area contributed by atoms with Gasteiger partial charge in [-0.2, -0.15) is 0 Å². The SMILES string of the molecule is Cc1ccc2cccc([O-])c2n1.Cc1ccc2cccc([O-])c2n1.[Al+3].[O-]c1ccc(Cl)cc1. The Bertz CT molecular complexity index is 1240. The predicted molar refractivity (Wildman–Crippen MR) is 129 cm³/mol. The second-order valence-corrected chi connectivity index (χ2v) is 7.45. The Morgan fingerprint density at radius 2 is 1.00 bits per heavy atom. The van der Waals surface area contributed by atoms with Crippen molar-refractivity contribution in [3.63, 3.8) is 0 Å². The van der Waals surface area contributed by atoms with Gasteiger partial charge in [0.2, 0.25) is 0 Å². The molecule has 2 heterocycles. The van der Waals surface area contributed by atoms with Crippen LogP contribution in [0.1, 0.15) is 11.4 Å². The third-order valence-corrected chi connectivity index (χ3v) is 4.71. The van der Waals surface area contributed by atoms with Crippen LogP contribution in [-0.4, -0.2) is 27.3 Å². The Hall–Kier alpha value is -3.30. The summed E-state index contributed by atoms with van der Waals surface area (Å²) >= 11 is 5.47. The van der Waals surface area contributed by atoms with Gasteiger partial charge in [-0.1, -0.05) is 83.8 Å². The molecule has 0 saturated heterocycles. The van der Waals surface area contributed by atoms with Gasteiger partial charge in [-0.25, -0.2) is 0 Å². The largest absolute Gasteiger partial charge is 3.00 e. The van der Waals surface area contributed by atoms with Crippen LogP contribution in [0.3, 0.4) is 0 Å². The number of hydrogen-bond donors (Lipinski definition) is 0. The van der Waals surface area contributed by atoms with E-state index in [1.165, 1.54) is 24.3 Å². The molecule has 0 aliphatic rings. The van der Waals surface area contributed by atoms with Gasteiger partial charge in [0.25, 0.3) is 0 Å². The molecule has 5 aromatic rings. The van der Waals surface area contributed by atoms with Crippen LogP contribution >= 0.6 is 11.6 Å². The van der Waals surface area contributed by atoms with E-state index in [0.717, 1.165) is 22.2 Å². The predicted octanol–water partition coefficient (Wildman–Crippen LogP) is 4.27. The Morgan fingerprint density at radius 1 is 0.576 bits per heavy atom. The standard InChI is InChI=1S/2C10H9NO.C6H5ClO.Al/c2*1-7-5-6-8-3-2-4-9(12)10(8)11-7;7-5-1-3-6(8)4-2-5;/h2*2-6,12H,1H3;1-4,8H;/q;;;+3/p-3. The van der Waals surface area contributed by atoms with E-state index in [9.17, 15) is 15.3 Å². The van der Waals surface area contributed by atoms with Crippen molar-refractivity contribution in [1.29, 1.82) is 0 Å². The van der Waals surface area contributed by atoms with E-state index < -0.39 is 0 Å². The van der Waals surface area contributed by atoms with E-state index in [-0.39, 0.29) is 34.6 Å². The minimum Gasteiger partial charge on any atom is -0.872 e. The fourth-order valence-corrected chi connectivity index (χ4v) is 3.00. The van der Waals surface area contributed by atoms with Crippen LogP contribution in [0.4, 0.5) is 0 Å². The minimum absolute atomic E-state index is 0. The van der Waals surface area contributed by atoms with Crippen molar-refractivity contribution in [2.75, 3.05) is 0 Å². The third kappa shape index (κ3) is 7.37. The average Bonchev–Trinajstić information content (AvgIpc) is 2.78. The number of nitrogens with zero attached hydrogens (tertiary/aromatic N) is 2. The zero-order valence-electron chi connectivity index (χ0n) is 18.2. The van der Waals surface area contributed by atoms with E-state index >= 15 is 0 Å². The van der Waals surface area contributed by atoms with Crippen molar-refractivity contribution in [3.8, 4) is 17.2 Å². The van der Waals surface area contributed by atoms with E-state index in [4.69, 9.17) is 11.6 Å². The number of pyridine rings is 2. The molecule has 162 valence electrons. The molecular weight excluding hydrogens is 451 g/mol. The summed E-state index contributed by atoms with van der Waals surface area (Å²) in [4.78, 5) is 8.33. The maximum Gasteiger partial charge on any atom is 3.00 e. The Labute approximate surface area is 208 Å². The van der Waals surface area contributed by atoms with Crippen molar-refractivity contribution in [2.45, 2.75) is 13.8 Å². The first-order valence-corrected chi connectivity index (χ1v) is 10.2. The van der Waals surface area contributed by atoms with Crippen LogP contribution in [0, 0.1) is 13.8 Å². The molecular formula is C26H20AlClN2O3. The van der Waals surface area contributed by atoms with Crippen LogP contribution in [-0.2, 0) is 0 Å². The molecule has 0 radical (unpaired) electrons. The van der Waals surface area contributed by atoms with Gasteiger partial charge in [-0.3, -0.25) is 9.97 Å². The first-order chi connectivity index (χ1) is 15.3. The molecule has 5 nitrogen and oxygen atoms in total. The Balaban J connectivity index is 0.000000177. The first-order valence-electron chi connectivity index (χ1n) is 9.83. The quantitative estimate of drug-likeness (QED) is 0.315. The topological polar surface area (TPSA) is 95.0 Å². The number of halogens is 1. The monoisotopic (exact) mass is 470 g/mol. The molecule has 0 fully saturated rings. The van der Waals surface area contributed by atoms with Gasteiger partial charge in [0, 0.05) is 16.4 Å². The molecule has 0 N–H and O–H groups in total. The zero-order chi connectivity index (χ0) is 23.1. The molecule has 2 aromatic heterocycles. The number of aromatic nitrogens is 2. The number of fused-ring (bicyclic) bond motifs is 2. The van der Waals surface area contributed by atoms with Crippen molar-refractivity contribution in [3.05, 3.63) is 101 Å². The van der Waals surface area contributed by atoms with E-state index in [0.29, 0.717) is 16.1 Å². The van der Waals surface area contributed by atoms with Crippen molar-refractivity contribution >= 4 is 50.8 Å². The van der Waals surface area contributed by atoms with Crippen LogP contribution in [0.15, 0.2) is 84.9 Å². The summed E-state index contributed by atoms with van der Waals surface area (Å²) in [7, 11) is 0. The van der Waals surface area contributed by atoms with Gasteiger partial charge in [0.05, 0.1) is 11.0 Å². The van der Waals surface area contributed by atoms with E-state index in [1.807, 2.05) is 50.2 Å². The summed E-state index contributed by atoms with van der Waals surface area (Å²) in [6.07, 6.45) is 0. The molecule has 0 aliphatic heterocycles. The third-order valence-electron chi connectivity index (χ3n) is 4.46. The summed E-state index contributed by atoms with van der Waals surface area (Å²) in [5, 5.41) is 35.3. The van der Waals surface area contributed by atoms with Gasteiger partial charge in [-0.05, 0) is 48.9 Å². The van der Waals surface area contributed by atoms with Crippen molar-refractivity contribution in [1.82, 2.24) is 9.97 Å². The maximum absolute atomic E-state index is 11.3. The fourth-order valence-electron chi connectivity index (χ4n) is 2.87. The number of para-hydroxylation sites is 2. The van der Waals surface area contributed by atoms with E-state index in [2.05, 4.69) is 9.97 Å². The summed E-state index contributed by atoms with van der Waals surface area (Å²) < 4.78 is 0. The molecule has 0 atom stereocenters. The molecule has 0 unspecified atom stereocenters. The number of rotatable bonds is 0. The van der Waals surface area contributed by atoms with E-state index in [1.54, 1.807) is 24.3 Å². The molecule has 0 spiro atoms. The first kappa shape index (κ1) is 26.0. The molecule has 5 rings (SSSR count). The molecule has 3 aromatic carbocycles. The van der Waals surface area contributed by atoms with Gasteiger partial charge in [0.15, 0.2) is 0 Å². The van der Waals surface area contributed by atoms with Gasteiger partial charge < -0.3 is 15.3 Å². The number of hydrogen-bond acceptors (Lipinski definition) is 5. The second kappa shape index (κ2) is 12.1. The smallest absolute Gasteiger partial charge is 0.872 e. The minimum atomic E-state index is -0.00519. The summed E-state index contributed by atoms with van der Waals surface area (Å²) in [5.41, 5.74) is 2.90. The van der Waals surface area contributed by atoms with Crippen LogP contribution in [0.5, 0.6) is 17.2 Å². The van der Waals surface area contributed by atoms with Crippen molar-refractivity contribution in [2.24, 2.45) is 0 Å². The maximum atomic E-state index is 11.3. The molecule has 0 aliphatic carbocycles. The van der Waals surface area contributed by atoms with Crippen LogP contribution in [0.25, 0.3) is 21.8 Å². The van der Waals surface area contributed by atoms with Gasteiger partial charge >= 0.3 is 17.4 Å². The second-order valence-electron chi connectivity index (χ2n) is 7.01. The molecule has 0 saturated carbocycles. The molecule has 0 amide bonds. The average molecular weight is 471 g/mol. The Morgan fingerprint density at radius 3 is 1.39 bits per heavy atom. The fraction of sp³-hybridized carbons (Fsp3) is 0.0769.